The molecule has 1 amide bonds. The molecular weight excluding hydrogens is 262 g/mol. The molecule has 110 valence electrons. The minimum absolute atomic E-state index is 0.0698. The summed E-state index contributed by atoms with van der Waals surface area (Å²) in [6, 6.07) is 13.4. The predicted molar refractivity (Wildman–Crippen MR) is 83.6 cm³/mol. The van der Waals surface area contributed by atoms with Crippen LogP contribution in [0.1, 0.15) is 23.6 Å². The summed E-state index contributed by atoms with van der Waals surface area (Å²) in [4.78, 5) is 17.9. The fourth-order valence-corrected chi connectivity index (χ4v) is 2.13. The maximum Gasteiger partial charge on any atom is 0.224 e. The summed E-state index contributed by atoms with van der Waals surface area (Å²) in [6.07, 6.45) is 4.69. The van der Waals surface area contributed by atoms with E-state index in [0.29, 0.717) is 13.0 Å². The summed E-state index contributed by atoms with van der Waals surface area (Å²) in [6.45, 7) is 0.685. The van der Waals surface area contributed by atoms with Crippen LogP contribution >= 0.6 is 0 Å². The molecule has 0 aliphatic carbocycles. The van der Waals surface area contributed by atoms with Crippen molar-refractivity contribution in [1.29, 1.82) is 0 Å². The number of nitrogens with zero attached hydrogens (tertiary/aromatic N) is 2. The molecule has 0 bridgehead atoms. The highest BCUT2D eigenvalue weighted by Crippen LogP contribution is 2.14. The first kappa shape index (κ1) is 15.2. The topological polar surface area (TPSA) is 59.2 Å². The van der Waals surface area contributed by atoms with Gasteiger partial charge >= 0.3 is 0 Å². The average Bonchev–Trinajstić information content (AvgIpc) is 2.54. The summed E-state index contributed by atoms with van der Waals surface area (Å²) >= 11 is 0. The Morgan fingerprint density at radius 1 is 1.19 bits per heavy atom. The van der Waals surface area contributed by atoms with Crippen molar-refractivity contribution in [2.24, 2.45) is 5.73 Å². The number of nitrogens with two attached hydrogens (primary N) is 1. The van der Waals surface area contributed by atoms with Crippen LogP contribution in [0.2, 0.25) is 0 Å². The third-order valence-electron chi connectivity index (χ3n) is 3.53. The third kappa shape index (κ3) is 4.68. The van der Waals surface area contributed by atoms with E-state index >= 15 is 0 Å². The predicted octanol–water partition coefficient (Wildman–Crippen LogP) is 2.17. The van der Waals surface area contributed by atoms with Crippen LogP contribution in [0.15, 0.2) is 54.9 Å². The maximum atomic E-state index is 12.2. The lowest BCUT2D eigenvalue weighted by atomic mass is 10.0. The zero-order valence-corrected chi connectivity index (χ0v) is 12.3. The quantitative estimate of drug-likeness (QED) is 0.884. The van der Waals surface area contributed by atoms with Gasteiger partial charge in [0.05, 0.1) is 0 Å². The van der Waals surface area contributed by atoms with E-state index in [0.717, 1.165) is 12.0 Å². The maximum absolute atomic E-state index is 12.2. The molecule has 4 heteroatoms. The van der Waals surface area contributed by atoms with Crippen molar-refractivity contribution >= 4 is 5.91 Å². The minimum Gasteiger partial charge on any atom is -0.345 e. The lowest BCUT2D eigenvalue weighted by molar-refractivity contribution is -0.130. The van der Waals surface area contributed by atoms with E-state index in [1.807, 2.05) is 49.5 Å². The van der Waals surface area contributed by atoms with Gasteiger partial charge < -0.3 is 10.6 Å². The van der Waals surface area contributed by atoms with Crippen molar-refractivity contribution in [3.8, 4) is 0 Å². The molecule has 4 nitrogen and oxygen atoms in total. The Labute approximate surface area is 125 Å². The minimum atomic E-state index is -0.248. The van der Waals surface area contributed by atoms with Crippen molar-refractivity contribution in [3.05, 3.63) is 66.0 Å². The normalized spacial score (nSPS) is 11.9. The molecule has 1 atom stereocenters. The van der Waals surface area contributed by atoms with Gasteiger partial charge in [-0.05, 0) is 29.7 Å². The Kier molecular flexibility index (Phi) is 5.46. The summed E-state index contributed by atoms with van der Waals surface area (Å²) in [5.74, 6) is 0.0698. The van der Waals surface area contributed by atoms with Gasteiger partial charge in [0.25, 0.3) is 0 Å². The van der Waals surface area contributed by atoms with Crippen LogP contribution in [0.4, 0.5) is 0 Å². The number of hydrogen-bond donors (Lipinski definition) is 1. The Bertz CT molecular complexity index is 557. The molecular formula is C17H21N3O. The second-order valence-corrected chi connectivity index (χ2v) is 5.14. The van der Waals surface area contributed by atoms with Crippen molar-refractivity contribution in [2.45, 2.75) is 18.9 Å². The molecule has 0 spiro atoms. The Hall–Kier alpha value is -2.20. The highest BCUT2D eigenvalue weighted by molar-refractivity contribution is 5.76. The van der Waals surface area contributed by atoms with E-state index in [1.54, 1.807) is 17.3 Å². The van der Waals surface area contributed by atoms with E-state index in [-0.39, 0.29) is 11.9 Å². The molecule has 2 aromatic rings. The number of hydrogen-bond acceptors (Lipinski definition) is 3. The molecule has 1 aromatic heterocycles. The van der Waals surface area contributed by atoms with Crippen molar-refractivity contribution in [1.82, 2.24) is 9.88 Å². The van der Waals surface area contributed by atoms with Gasteiger partial charge in [-0.25, -0.2) is 0 Å². The van der Waals surface area contributed by atoms with Gasteiger partial charge in [0, 0.05) is 38.4 Å². The first-order valence-electron chi connectivity index (χ1n) is 7.10. The number of benzene rings is 1. The van der Waals surface area contributed by atoms with E-state index in [9.17, 15) is 4.79 Å². The molecule has 0 saturated heterocycles. The molecule has 0 radical (unpaired) electrons. The largest absolute Gasteiger partial charge is 0.345 e. The summed E-state index contributed by atoms with van der Waals surface area (Å²) in [7, 11) is 1.82. The molecule has 21 heavy (non-hydrogen) atoms. The molecule has 0 saturated carbocycles. The standard InChI is InChI=1S/C17H21N3O/c1-20(12-9-14-7-10-19-11-8-14)17(21)13-16(18)15-5-3-2-4-6-15/h2-8,10-11,16H,9,12-13,18H2,1H3. The van der Waals surface area contributed by atoms with Crippen LogP contribution in [-0.4, -0.2) is 29.4 Å². The van der Waals surface area contributed by atoms with Crippen LogP contribution < -0.4 is 5.73 Å². The van der Waals surface area contributed by atoms with Gasteiger partial charge in [0.2, 0.25) is 5.91 Å². The smallest absolute Gasteiger partial charge is 0.224 e. The summed E-state index contributed by atoms with van der Waals surface area (Å²) in [5.41, 5.74) is 8.26. The molecule has 0 fully saturated rings. The van der Waals surface area contributed by atoms with Gasteiger partial charge in [-0.15, -0.1) is 0 Å². The second-order valence-electron chi connectivity index (χ2n) is 5.14. The number of pyridine rings is 1. The zero-order valence-electron chi connectivity index (χ0n) is 12.3. The Morgan fingerprint density at radius 3 is 2.52 bits per heavy atom. The van der Waals surface area contributed by atoms with Crippen LogP contribution in [0, 0.1) is 0 Å². The third-order valence-corrected chi connectivity index (χ3v) is 3.53. The first-order chi connectivity index (χ1) is 10.2. The fraction of sp³-hybridized carbons (Fsp3) is 0.294. The number of carbonyl (C=O) groups excluding carboxylic acids is 1. The van der Waals surface area contributed by atoms with Crippen LogP contribution in [0.3, 0.4) is 0 Å². The summed E-state index contributed by atoms with van der Waals surface area (Å²) in [5, 5.41) is 0. The van der Waals surface area contributed by atoms with Gasteiger partial charge in [-0.3, -0.25) is 9.78 Å². The van der Waals surface area contributed by atoms with E-state index in [2.05, 4.69) is 4.98 Å². The van der Waals surface area contributed by atoms with Crippen LogP contribution in [-0.2, 0) is 11.2 Å². The lowest BCUT2D eigenvalue weighted by Gasteiger charge is -2.20. The van der Waals surface area contributed by atoms with E-state index in [4.69, 9.17) is 5.73 Å². The first-order valence-corrected chi connectivity index (χ1v) is 7.10. The highest BCUT2D eigenvalue weighted by atomic mass is 16.2. The molecule has 0 aliphatic rings. The monoisotopic (exact) mass is 283 g/mol. The van der Waals surface area contributed by atoms with Crippen molar-refractivity contribution in [2.75, 3.05) is 13.6 Å². The van der Waals surface area contributed by atoms with E-state index in [1.165, 1.54) is 5.56 Å². The number of aromatic nitrogens is 1. The van der Waals surface area contributed by atoms with Gasteiger partial charge in [0.1, 0.15) is 0 Å². The number of likely N-dealkylation sites (N-methyl/N-ethyl adjacent to an activating group) is 1. The molecule has 1 unspecified atom stereocenters. The molecule has 1 aromatic carbocycles. The van der Waals surface area contributed by atoms with Crippen LogP contribution in [0.25, 0.3) is 0 Å². The van der Waals surface area contributed by atoms with Crippen LogP contribution in [0.5, 0.6) is 0 Å². The molecule has 2 rings (SSSR count). The molecule has 0 aliphatic heterocycles. The highest BCUT2D eigenvalue weighted by Gasteiger charge is 2.14. The van der Waals surface area contributed by atoms with Gasteiger partial charge in [0.15, 0.2) is 0 Å². The second kappa shape index (κ2) is 7.55. The number of amides is 1. The zero-order chi connectivity index (χ0) is 15.1. The van der Waals surface area contributed by atoms with Gasteiger partial charge in [-0.2, -0.15) is 0 Å². The van der Waals surface area contributed by atoms with Crippen molar-refractivity contribution < 1.29 is 4.79 Å². The van der Waals surface area contributed by atoms with E-state index < -0.39 is 0 Å². The summed E-state index contributed by atoms with van der Waals surface area (Å²) < 4.78 is 0. The number of rotatable bonds is 6. The van der Waals surface area contributed by atoms with Gasteiger partial charge in [-0.1, -0.05) is 30.3 Å². The number of carbonyl (C=O) groups is 1. The molecule has 1 heterocycles. The SMILES string of the molecule is CN(CCc1ccncc1)C(=O)CC(N)c1ccccc1. The fourth-order valence-electron chi connectivity index (χ4n) is 2.13. The Morgan fingerprint density at radius 2 is 1.86 bits per heavy atom. The lowest BCUT2D eigenvalue weighted by Crippen LogP contribution is -2.31. The Balaban J connectivity index is 1.82. The van der Waals surface area contributed by atoms with Crippen molar-refractivity contribution in [3.63, 3.8) is 0 Å². The molecule has 2 N–H and O–H groups in total. The average molecular weight is 283 g/mol.